The number of hydrogen-bond acceptors (Lipinski definition) is 3. The molecule has 2 heterocycles. The minimum absolute atomic E-state index is 0.264. The van der Waals surface area contributed by atoms with Gasteiger partial charge in [0.05, 0.1) is 18.6 Å². The van der Waals surface area contributed by atoms with E-state index in [0.29, 0.717) is 49.1 Å². The number of halogens is 2. The van der Waals surface area contributed by atoms with Crippen LogP contribution >= 0.6 is 23.2 Å². The molecule has 1 fully saturated rings. The number of aliphatic hydroxyl groups is 1. The van der Waals surface area contributed by atoms with E-state index in [1.807, 2.05) is 36.4 Å². The smallest absolute Gasteiger partial charge is 0.306 e. The van der Waals surface area contributed by atoms with Crippen molar-refractivity contribution in [2.75, 3.05) is 19.6 Å². The Morgan fingerprint density at radius 3 is 2.04 bits per heavy atom. The summed E-state index contributed by atoms with van der Waals surface area (Å²) in [4.78, 5) is 13.2. The highest BCUT2D eigenvalue weighted by Crippen LogP contribution is 2.33. The number of carboxylic acids is 1. The second-order valence-corrected chi connectivity index (χ2v) is 8.37. The topological polar surface area (TPSA) is 65.7 Å². The lowest BCUT2D eigenvalue weighted by Crippen LogP contribution is -2.41. The number of carboxylic acid groups (broad SMARTS) is 1. The van der Waals surface area contributed by atoms with Gasteiger partial charge in [-0.15, -0.1) is 0 Å². The van der Waals surface area contributed by atoms with Crippen LogP contribution < -0.4 is 0 Å². The molecule has 0 amide bonds. The van der Waals surface area contributed by atoms with E-state index in [1.165, 1.54) is 0 Å². The van der Waals surface area contributed by atoms with Gasteiger partial charge in [0.15, 0.2) is 0 Å². The first kappa shape index (κ1) is 19.5. The largest absolute Gasteiger partial charge is 0.481 e. The molecular weight excluding hydrogens is 399 g/mol. The summed E-state index contributed by atoms with van der Waals surface area (Å²) in [6.45, 7) is 2.37. The number of nitrogens with zero attached hydrogens (tertiary/aromatic N) is 2. The molecule has 1 aliphatic heterocycles. The molecule has 1 aliphatic rings. The number of fused-ring (bicyclic) bond motifs is 3. The van der Waals surface area contributed by atoms with Crippen molar-refractivity contribution < 1.29 is 15.0 Å². The highest BCUT2D eigenvalue weighted by atomic mass is 35.5. The minimum atomic E-state index is -0.720. The monoisotopic (exact) mass is 420 g/mol. The third-order valence-electron chi connectivity index (χ3n) is 5.59. The average Bonchev–Trinajstić information content (AvgIpc) is 2.94. The predicted molar refractivity (Wildman–Crippen MR) is 112 cm³/mol. The van der Waals surface area contributed by atoms with Crippen molar-refractivity contribution >= 4 is 51.0 Å². The molecule has 0 aliphatic carbocycles. The Labute approximate surface area is 173 Å². The molecule has 148 valence electrons. The van der Waals surface area contributed by atoms with Crippen LogP contribution in [0.1, 0.15) is 12.8 Å². The van der Waals surface area contributed by atoms with Crippen molar-refractivity contribution in [3.63, 3.8) is 0 Å². The van der Waals surface area contributed by atoms with Crippen LogP contribution in [0.15, 0.2) is 36.4 Å². The van der Waals surface area contributed by atoms with Gasteiger partial charge in [0.2, 0.25) is 0 Å². The summed E-state index contributed by atoms with van der Waals surface area (Å²) in [7, 11) is 0. The summed E-state index contributed by atoms with van der Waals surface area (Å²) in [6, 6.07) is 11.5. The Morgan fingerprint density at radius 2 is 1.54 bits per heavy atom. The van der Waals surface area contributed by atoms with E-state index in [2.05, 4.69) is 9.47 Å². The van der Waals surface area contributed by atoms with Crippen molar-refractivity contribution in [3.05, 3.63) is 46.4 Å². The van der Waals surface area contributed by atoms with E-state index in [0.717, 1.165) is 21.8 Å². The maximum absolute atomic E-state index is 11.1. The molecular formula is C21H22Cl2N2O3. The summed E-state index contributed by atoms with van der Waals surface area (Å²) in [6.07, 6.45) is 0.703. The average molecular weight is 421 g/mol. The van der Waals surface area contributed by atoms with E-state index in [4.69, 9.17) is 28.3 Å². The van der Waals surface area contributed by atoms with Gasteiger partial charge >= 0.3 is 5.97 Å². The summed E-state index contributed by atoms with van der Waals surface area (Å²) in [5.41, 5.74) is 2.01. The molecule has 4 rings (SSSR count). The lowest BCUT2D eigenvalue weighted by Gasteiger charge is -2.31. The number of likely N-dealkylation sites (tertiary alicyclic amines) is 1. The van der Waals surface area contributed by atoms with E-state index < -0.39 is 12.1 Å². The first-order valence-corrected chi connectivity index (χ1v) is 10.2. The van der Waals surface area contributed by atoms with Crippen molar-refractivity contribution in [1.82, 2.24) is 9.47 Å². The Balaban J connectivity index is 1.56. The first-order chi connectivity index (χ1) is 13.4. The van der Waals surface area contributed by atoms with Gasteiger partial charge in [-0.2, -0.15) is 0 Å². The second-order valence-electron chi connectivity index (χ2n) is 7.50. The van der Waals surface area contributed by atoms with E-state index in [9.17, 15) is 9.90 Å². The minimum Gasteiger partial charge on any atom is -0.481 e. The molecule has 0 radical (unpaired) electrons. The van der Waals surface area contributed by atoms with E-state index in [1.54, 1.807) is 0 Å². The Kier molecular flexibility index (Phi) is 5.52. The number of β-amino-alcohol motifs (C(OH)–C–C–N with tert-alkyl or cyclic N) is 1. The van der Waals surface area contributed by atoms with Crippen LogP contribution in [0.4, 0.5) is 0 Å². The number of hydrogen-bond donors (Lipinski definition) is 2. The van der Waals surface area contributed by atoms with Crippen LogP contribution in [0, 0.1) is 5.92 Å². The summed E-state index contributed by atoms with van der Waals surface area (Å²) in [5.74, 6) is -0.983. The molecule has 0 spiro atoms. The number of rotatable bonds is 5. The number of aliphatic carboxylic acids is 1. The maximum atomic E-state index is 11.1. The lowest BCUT2D eigenvalue weighted by molar-refractivity contribution is -0.143. The van der Waals surface area contributed by atoms with Crippen LogP contribution in [-0.2, 0) is 11.3 Å². The Hall–Kier alpha value is -1.79. The fourth-order valence-electron chi connectivity index (χ4n) is 4.17. The zero-order valence-corrected chi connectivity index (χ0v) is 16.8. The van der Waals surface area contributed by atoms with Gasteiger partial charge in [0.1, 0.15) is 0 Å². The maximum Gasteiger partial charge on any atom is 0.306 e. The van der Waals surface area contributed by atoms with Crippen LogP contribution in [0.5, 0.6) is 0 Å². The van der Waals surface area contributed by atoms with Crippen molar-refractivity contribution in [1.29, 1.82) is 0 Å². The fraction of sp³-hybridized carbons (Fsp3) is 0.381. The molecule has 5 nitrogen and oxygen atoms in total. The number of carbonyl (C=O) groups is 1. The number of benzene rings is 2. The summed E-state index contributed by atoms with van der Waals surface area (Å²) >= 11 is 12.4. The molecule has 2 aromatic carbocycles. The molecule has 1 aromatic heterocycles. The zero-order chi connectivity index (χ0) is 19.8. The highest BCUT2D eigenvalue weighted by molar-refractivity contribution is 6.33. The predicted octanol–water partition coefficient (Wildman–Crippen LogP) is 4.26. The van der Waals surface area contributed by atoms with Gasteiger partial charge in [-0.3, -0.25) is 4.79 Å². The molecule has 1 atom stereocenters. The summed E-state index contributed by atoms with van der Waals surface area (Å²) < 4.78 is 2.10. The van der Waals surface area contributed by atoms with Gasteiger partial charge in [-0.25, -0.2) is 0 Å². The van der Waals surface area contributed by atoms with Crippen molar-refractivity contribution in [2.45, 2.75) is 25.5 Å². The number of aliphatic hydroxyl groups excluding tert-OH is 1. The van der Waals surface area contributed by atoms with Gasteiger partial charge in [0.25, 0.3) is 0 Å². The first-order valence-electron chi connectivity index (χ1n) is 9.42. The van der Waals surface area contributed by atoms with Crippen molar-refractivity contribution in [3.8, 4) is 0 Å². The van der Waals surface area contributed by atoms with Crippen LogP contribution in [0.25, 0.3) is 21.8 Å². The van der Waals surface area contributed by atoms with E-state index >= 15 is 0 Å². The van der Waals surface area contributed by atoms with Gasteiger partial charge in [0, 0.05) is 38.4 Å². The van der Waals surface area contributed by atoms with Crippen molar-refractivity contribution in [2.24, 2.45) is 5.92 Å². The van der Waals surface area contributed by atoms with Crippen LogP contribution in [-0.4, -0.2) is 51.4 Å². The summed E-state index contributed by atoms with van der Waals surface area (Å²) in [5, 5.41) is 23.2. The standard InChI is InChI=1S/C21H22Cl2N2O3/c22-14-1-3-19-17(9-14)18-10-15(23)2-4-20(18)25(19)12-16(26)11-24-7-5-13(6-8-24)21(27)28/h1-4,9-10,13,16,26H,5-8,11-12H2,(H,27,28). The molecule has 0 saturated carbocycles. The molecule has 7 heteroatoms. The Morgan fingerprint density at radius 1 is 1.00 bits per heavy atom. The zero-order valence-electron chi connectivity index (χ0n) is 15.3. The molecule has 2 N–H and O–H groups in total. The van der Waals surface area contributed by atoms with Gasteiger partial charge in [-0.1, -0.05) is 23.2 Å². The quantitative estimate of drug-likeness (QED) is 0.646. The Bertz CT molecular complexity index is 966. The molecule has 0 bridgehead atoms. The SMILES string of the molecule is O=C(O)C1CCN(CC(O)Cn2c3ccc(Cl)cc3c3cc(Cl)ccc32)CC1. The van der Waals surface area contributed by atoms with Gasteiger partial charge < -0.3 is 19.7 Å². The van der Waals surface area contributed by atoms with E-state index in [-0.39, 0.29) is 5.92 Å². The fourth-order valence-corrected chi connectivity index (χ4v) is 4.52. The number of piperidine rings is 1. The normalized spacial score (nSPS) is 17.4. The highest BCUT2D eigenvalue weighted by Gasteiger charge is 2.25. The molecule has 1 unspecified atom stereocenters. The molecule has 1 saturated heterocycles. The van der Waals surface area contributed by atoms with Crippen LogP contribution in [0.2, 0.25) is 10.0 Å². The lowest BCUT2D eigenvalue weighted by atomic mass is 9.97. The second kappa shape index (κ2) is 7.91. The third kappa shape index (κ3) is 3.85. The molecule has 3 aromatic rings. The number of aromatic nitrogens is 1. The van der Waals surface area contributed by atoms with Gasteiger partial charge in [-0.05, 0) is 62.3 Å². The van der Waals surface area contributed by atoms with Crippen LogP contribution in [0.3, 0.4) is 0 Å². The molecule has 28 heavy (non-hydrogen) atoms. The third-order valence-corrected chi connectivity index (χ3v) is 6.06.